The number of carbonyl (C=O) groups excluding carboxylic acids is 1. The van der Waals surface area contributed by atoms with Crippen molar-refractivity contribution in [1.29, 1.82) is 0 Å². The van der Waals surface area contributed by atoms with Crippen LogP contribution in [0.1, 0.15) is 36.2 Å². The predicted octanol–water partition coefficient (Wildman–Crippen LogP) is 4.29. The highest BCUT2D eigenvalue weighted by molar-refractivity contribution is 9.10. The number of thioether (sulfide) groups is 1. The predicted molar refractivity (Wildman–Crippen MR) is 106 cm³/mol. The van der Waals surface area contributed by atoms with E-state index in [-0.39, 0.29) is 11.4 Å². The largest absolute Gasteiger partial charge is 0.450 e. The lowest BCUT2D eigenvalue weighted by atomic mass is 9.94. The van der Waals surface area contributed by atoms with Gasteiger partial charge in [-0.2, -0.15) is 11.8 Å². The van der Waals surface area contributed by atoms with Crippen LogP contribution in [-0.4, -0.2) is 47.5 Å². The minimum atomic E-state index is -0.110. The summed E-state index contributed by atoms with van der Waals surface area (Å²) in [5.74, 6) is 2.69. The van der Waals surface area contributed by atoms with Crippen LogP contribution in [0.5, 0.6) is 0 Å². The number of nitrogens with zero attached hydrogens (tertiary/aromatic N) is 1. The zero-order valence-corrected chi connectivity index (χ0v) is 16.6. The number of hydrogen-bond acceptors (Lipinski definition) is 4. The van der Waals surface area contributed by atoms with Crippen molar-refractivity contribution >= 4 is 44.6 Å². The van der Waals surface area contributed by atoms with Gasteiger partial charge >= 0.3 is 0 Å². The van der Waals surface area contributed by atoms with Gasteiger partial charge in [-0.3, -0.25) is 9.69 Å². The van der Waals surface area contributed by atoms with Crippen LogP contribution in [0.2, 0.25) is 0 Å². The van der Waals surface area contributed by atoms with E-state index in [0.29, 0.717) is 12.3 Å². The lowest BCUT2D eigenvalue weighted by Gasteiger charge is -2.43. The molecular formula is C19H23BrN2O2S. The van der Waals surface area contributed by atoms with E-state index in [9.17, 15) is 4.79 Å². The third-order valence-electron chi connectivity index (χ3n) is 5.51. The molecule has 2 aliphatic rings. The zero-order valence-electron chi connectivity index (χ0n) is 14.2. The summed E-state index contributed by atoms with van der Waals surface area (Å²) in [5, 5.41) is 4.11. The number of furan rings is 1. The van der Waals surface area contributed by atoms with Crippen LogP contribution in [0, 0.1) is 0 Å². The summed E-state index contributed by atoms with van der Waals surface area (Å²) >= 11 is 5.51. The first kappa shape index (κ1) is 17.4. The maximum absolute atomic E-state index is 12.7. The molecule has 1 aromatic heterocycles. The molecule has 1 saturated carbocycles. The number of halogens is 1. The van der Waals surface area contributed by atoms with Crippen LogP contribution in [0.3, 0.4) is 0 Å². The van der Waals surface area contributed by atoms with Crippen LogP contribution in [0.15, 0.2) is 33.2 Å². The van der Waals surface area contributed by atoms with Crippen LogP contribution in [0.4, 0.5) is 0 Å². The molecule has 1 aliphatic carbocycles. The molecule has 134 valence electrons. The second kappa shape index (κ2) is 7.33. The van der Waals surface area contributed by atoms with E-state index in [1.54, 1.807) is 0 Å². The standard InChI is InChI=1S/C19H23BrN2O2S/c20-15-5-3-4-14-12-16(24-17(14)15)18(23)21-13-19(6-1-2-7-19)22-8-10-25-11-9-22/h3-5,12H,1-2,6-11,13H2,(H,21,23). The second-order valence-corrected chi connectivity index (χ2v) is 9.06. The van der Waals surface area contributed by atoms with E-state index in [4.69, 9.17) is 4.42 Å². The first-order valence-electron chi connectivity index (χ1n) is 8.97. The summed E-state index contributed by atoms with van der Waals surface area (Å²) in [5.41, 5.74) is 0.875. The van der Waals surface area contributed by atoms with Crippen molar-refractivity contribution in [2.24, 2.45) is 0 Å². The van der Waals surface area contributed by atoms with Gasteiger partial charge in [0.25, 0.3) is 5.91 Å². The topological polar surface area (TPSA) is 45.5 Å². The number of carbonyl (C=O) groups is 1. The first-order chi connectivity index (χ1) is 12.2. The van der Waals surface area contributed by atoms with Crippen molar-refractivity contribution in [3.63, 3.8) is 0 Å². The van der Waals surface area contributed by atoms with Crippen molar-refractivity contribution in [3.05, 3.63) is 34.5 Å². The summed E-state index contributed by atoms with van der Waals surface area (Å²) in [6, 6.07) is 7.67. The van der Waals surface area contributed by atoms with E-state index in [0.717, 1.165) is 28.5 Å². The monoisotopic (exact) mass is 422 g/mol. The number of benzene rings is 1. The van der Waals surface area contributed by atoms with Crippen LogP contribution >= 0.6 is 27.7 Å². The minimum absolute atomic E-state index is 0.110. The van der Waals surface area contributed by atoms with Crippen molar-refractivity contribution in [2.75, 3.05) is 31.1 Å². The van der Waals surface area contributed by atoms with Crippen LogP contribution in [0.25, 0.3) is 11.0 Å². The van der Waals surface area contributed by atoms with E-state index >= 15 is 0 Å². The normalized spacial score (nSPS) is 20.8. The van der Waals surface area contributed by atoms with Gasteiger partial charge in [-0.05, 0) is 40.9 Å². The molecule has 0 unspecified atom stereocenters. The van der Waals surface area contributed by atoms with Gasteiger partial charge in [0.2, 0.25) is 0 Å². The van der Waals surface area contributed by atoms with E-state index in [1.165, 1.54) is 37.2 Å². The molecule has 6 heteroatoms. The van der Waals surface area contributed by atoms with Gasteiger partial charge in [-0.25, -0.2) is 0 Å². The number of fused-ring (bicyclic) bond motifs is 1. The number of hydrogen-bond donors (Lipinski definition) is 1. The van der Waals surface area contributed by atoms with Gasteiger partial charge in [0.05, 0.1) is 4.47 Å². The molecule has 25 heavy (non-hydrogen) atoms. The molecule has 0 radical (unpaired) electrons. The Morgan fingerprint density at radius 2 is 2.04 bits per heavy atom. The number of nitrogens with one attached hydrogen (secondary N) is 1. The second-order valence-electron chi connectivity index (χ2n) is 6.98. The SMILES string of the molecule is O=C(NCC1(N2CCSCC2)CCCC1)c1cc2cccc(Br)c2o1. The lowest BCUT2D eigenvalue weighted by molar-refractivity contribution is 0.0798. The molecule has 4 rings (SSSR count). The summed E-state index contributed by atoms with van der Waals surface area (Å²) in [4.78, 5) is 15.3. The molecule has 1 aliphatic heterocycles. The van der Waals surface area contributed by atoms with Crippen molar-refractivity contribution in [2.45, 2.75) is 31.2 Å². The van der Waals surface area contributed by atoms with Gasteiger partial charge in [-0.1, -0.05) is 25.0 Å². The van der Waals surface area contributed by atoms with E-state index in [2.05, 4.69) is 26.1 Å². The summed E-state index contributed by atoms with van der Waals surface area (Å²) < 4.78 is 6.66. The van der Waals surface area contributed by atoms with Crippen molar-refractivity contribution in [1.82, 2.24) is 10.2 Å². The Kier molecular flexibility index (Phi) is 5.11. The minimum Gasteiger partial charge on any atom is -0.450 e. The molecule has 0 spiro atoms. The molecule has 1 N–H and O–H groups in total. The molecule has 1 aromatic carbocycles. The maximum Gasteiger partial charge on any atom is 0.287 e. The molecule has 0 bridgehead atoms. The summed E-state index contributed by atoms with van der Waals surface area (Å²) in [6.07, 6.45) is 4.89. The molecule has 2 heterocycles. The Morgan fingerprint density at radius 1 is 1.28 bits per heavy atom. The molecule has 4 nitrogen and oxygen atoms in total. The van der Waals surface area contributed by atoms with Gasteiger partial charge < -0.3 is 9.73 Å². The average molecular weight is 423 g/mol. The average Bonchev–Trinajstić information content (AvgIpc) is 3.29. The molecule has 1 saturated heterocycles. The number of amides is 1. The van der Waals surface area contributed by atoms with Crippen LogP contribution in [-0.2, 0) is 0 Å². The van der Waals surface area contributed by atoms with Gasteiger partial charge in [-0.15, -0.1) is 0 Å². The highest BCUT2D eigenvalue weighted by Gasteiger charge is 2.40. The molecule has 0 atom stereocenters. The lowest BCUT2D eigenvalue weighted by Crippen LogP contribution is -2.56. The molecule has 2 fully saturated rings. The molecule has 1 amide bonds. The third kappa shape index (κ3) is 3.49. The quantitative estimate of drug-likeness (QED) is 0.797. The fraction of sp³-hybridized carbons (Fsp3) is 0.526. The van der Waals surface area contributed by atoms with Gasteiger partial charge in [0.15, 0.2) is 5.76 Å². The number of para-hydroxylation sites is 1. The van der Waals surface area contributed by atoms with E-state index < -0.39 is 0 Å². The van der Waals surface area contributed by atoms with Crippen molar-refractivity contribution in [3.8, 4) is 0 Å². The van der Waals surface area contributed by atoms with Crippen LogP contribution < -0.4 is 5.32 Å². The maximum atomic E-state index is 12.7. The molecular weight excluding hydrogens is 400 g/mol. The smallest absolute Gasteiger partial charge is 0.287 e. The first-order valence-corrected chi connectivity index (χ1v) is 10.9. The highest BCUT2D eigenvalue weighted by Crippen LogP contribution is 2.36. The fourth-order valence-corrected chi connectivity index (χ4v) is 5.51. The van der Waals surface area contributed by atoms with Crippen molar-refractivity contribution < 1.29 is 9.21 Å². The number of rotatable bonds is 4. The Morgan fingerprint density at radius 3 is 2.76 bits per heavy atom. The third-order valence-corrected chi connectivity index (χ3v) is 7.08. The summed E-state index contributed by atoms with van der Waals surface area (Å²) in [6.45, 7) is 2.99. The zero-order chi connectivity index (χ0) is 17.3. The fourth-order valence-electron chi connectivity index (χ4n) is 4.15. The van der Waals surface area contributed by atoms with Gasteiger partial charge in [0.1, 0.15) is 5.58 Å². The van der Waals surface area contributed by atoms with E-state index in [1.807, 2.05) is 36.0 Å². The Labute approximate surface area is 160 Å². The Hall–Kier alpha value is -0.980. The summed E-state index contributed by atoms with van der Waals surface area (Å²) in [7, 11) is 0. The van der Waals surface area contributed by atoms with Gasteiger partial charge in [0, 0.05) is 42.1 Å². The highest BCUT2D eigenvalue weighted by atomic mass is 79.9. The Bertz CT molecular complexity index is 764. The Balaban J connectivity index is 1.48. The molecule has 2 aromatic rings.